The third-order valence-corrected chi connectivity index (χ3v) is 6.65. The van der Waals surface area contributed by atoms with E-state index in [-0.39, 0.29) is 23.5 Å². The smallest absolute Gasteiger partial charge is 0.214 e. The van der Waals surface area contributed by atoms with Crippen LogP contribution in [0.15, 0.2) is 30.6 Å². The number of hydrogen-bond acceptors (Lipinski definition) is 6. The van der Waals surface area contributed by atoms with Crippen LogP contribution < -0.4 is 4.74 Å². The molecule has 9 heteroatoms. The van der Waals surface area contributed by atoms with E-state index in [9.17, 15) is 13.5 Å². The molecule has 1 fully saturated rings. The van der Waals surface area contributed by atoms with Gasteiger partial charge in [0, 0.05) is 38.0 Å². The number of rotatable bonds is 7. The molecule has 0 bridgehead atoms. The van der Waals surface area contributed by atoms with Crippen LogP contribution in [0, 0.1) is 5.92 Å². The maximum absolute atomic E-state index is 12.3. The third kappa shape index (κ3) is 4.10. The molecule has 0 saturated carbocycles. The molecule has 0 amide bonds. The van der Waals surface area contributed by atoms with Crippen LogP contribution in [0.1, 0.15) is 13.0 Å². The number of phenolic OH excluding ortho intramolecular Hbond substituents is 1. The molecule has 148 valence electrons. The van der Waals surface area contributed by atoms with E-state index in [1.807, 2.05) is 17.7 Å². The zero-order valence-electron chi connectivity index (χ0n) is 15.7. The van der Waals surface area contributed by atoms with Gasteiger partial charge in [0.05, 0.1) is 31.6 Å². The van der Waals surface area contributed by atoms with Crippen LogP contribution in [0.4, 0.5) is 0 Å². The first kappa shape index (κ1) is 19.7. The first-order valence-electron chi connectivity index (χ1n) is 8.80. The van der Waals surface area contributed by atoms with Gasteiger partial charge in [-0.25, -0.2) is 17.7 Å². The number of sulfonamides is 1. The number of aromatic nitrogens is 2. The summed E-state index contributed by atoms with van der Waals surface area (Å²) in [5.41, 5.74) is 0.780. The summed E-state index contributed by atoms with van der Waals surface area (Å²) < 4.78 is 38.9. The van der Waals surface area contributed by atoms with Crippen LogP contribution >= 0.6 is 0 Å². The van der Waals surface area contributed by atoms with Crippen molar-refractivity contribution in [3.8, 4) is 22.9 Å². The van der Waals surface area contributed by atoms with Crippen molar-refractivity contribution >= 4 is 10.0 Å². The van der Waals surface area contributed by atoms with Crippen LogP contribution in [-0.4, -0.2) is 67.0 Å². The Morgan fingerprint density at radius 1 is 1.37 bits per heavy atom. The van der Waals surface area contributed by atoms with Crippen molar-refractivity contribution in [3.05, 3.63) is 30.6 Å². The highest BCUT2D eigenvalue weighted by atomic mass is 32.2. The van der Waals surface area contributed by atoms with Crippen molar-refractivity contribution in [3.63, 3.8) is 0 Å². The van der Waals surface area contributed by atoms with Gasteiger partial charge in [0.15, 0.2) is 11.5 Å². The maximum atomic E-state index is 12.3. The highest BCUT2D eigenvalue weighted by Crippen LogP contribution is 2.35. The van der Waals surface area contributed by atoms with Crippen LogP contribution in [-0.2, 0) is 14.8 Å². The Bertz CT molecular complexity index is 894. The number of aromatic hydroxyl groups is 1. The molecule has 0 spiro atoms. The molecule has 1 saturated heterocycles. The van der Waals surface area contributed by atoms with Crippen molar-refractivity contribution in [2.24, 2.45) is 5.92 Å². The second-order valence-corrected chi connectivity index (χ2v) is 8.93. The van der Waals surface area contributed by atoms with Crippen LogP contribution in [0.25, 0.3) is 11.4 Å². The molecule has 1 aromatic carbocycles. The van der Waals surface area contributed by atoms with Crippen LogP contribution in [0.5, 0.6) is 11.5 Å². The van der Waals surface area contributed by atoms with Crippen molar-refractivity contribution < 1.29 is 23.0 Å². The predicted molar refractivity (Wildman–Crippen MR) is 101 cm³/mol. The molecule has 0 unspecified atom stereocenters. The van der Waals surface area contributed by atoms with Crippen molar-refractivity contribution in [2.75, 3.05) is 39.7 Å². The second-order valence-electron chi connectivity index (χ2n) is 6.70. The van der Waals surface area contributed by atoms with Crippen molar-refractivity contribution in [1.82, 2.24) is 13.9 Å². The van der Waals surface area contributed by atoms with E-state index >= 15 is 0 Å². The van der Waals surface area contributed by atoms with E-state index in [2.05, 4.69) is 4.98 Å². The fourth-order valence-corrected chi connectivity index (χ4v) is 4.36. The average molecular weight is 395 g/mol. The van der Waals surface area contributed by atoms with Gasteiger partial charge in [-0.2, -0.15) is 0 Å². The fourth-order valence-electron chi connectivity index (χ4n) is 3.20. The molecule has 1 aliphatic rings. The average Bonchev–Trinajstić information content (AvgIpc) is 3.25. The van der Waals surface area contributed by atoms with Crippen LogP contribution in [0.2, 0.25) is 0 Å². The van der Waals surface area contributed by atoms with Gasteiger partial charge in [-0.15, -0.1) is 0 Å². The molecular weight excluding hydrogens is 370 g/mol. The van der Waals surface area contributed by atoms with Gasteiger partial charge < -0.3 is 19.1 Å². The molecular formula is C18H25N3O5S. The number of ether oxygens (including phenoxy) is 2. The summed E-state index contributed by atoms with van der Waals surface area (Å²) in [5.74, 6) is 0.978. The Morgan fingerprint density at radius 3 is 2.85 bits per heavy atom. The summed E-state index contributed by atoms with van der Waals surface area (Å²) >= 11 is 0. The Labute approximate surface area is 159 Å². The maximum Gasteiger partial charge on any atom is 0.214 e. The number of hydrogen-bond donors (Lipinski definition) is 1. The molecule has 27 heavy (non-hydrogen) atoms. The molecule has 0 aliphatic carbocycles. The highest BCUT2D eigenvalue weighted by Gasteiger charge is 2.35. The molecule has 1 N–H and O–H groups in total. The summed E-state index contributed by atoms with van der Waals surface area (Å²) in [6.45, 7) is 3.09. The zero-order valence-corrected chi connectivity index (χ0v) is 16.5. The number of nitrogens with zero attached hydrogens (tertiary/aromatic N) is 3. The quantitative estimate of drug-likeness (QED) is 0.767. The second kappa shape index (κ2) is 7.87. The summed E-state index contributed by atoms with van der Waals surface area (Å²) in [4.78, 5) is 4.44. The first-order chi connectivity index (χ1) is 12.8. The minimum absolute atomic E-state index is 0.0159. The first-order valence-corrected chi connectivity index (χ1v) is 10.4. The molecule has 2 aromatic rings. The zero-order chi connectivity index (χ0) is 19.6. The van der Waals surface area contributed by atoms with E-state index < -0.39 is 10.0 Å². The lowest BCUT2D eigenvalue weighted by molar-refractivity contribution is 0.182. The Balaban J connectivity index is 1.91. The normalized spacial score (nSPS) is 20.3. The Kier molecular flexibility index (Phi) is 5.73. The Hall–Kier alpha value is -2.10. The molecule has 2 atom stereocenters. The molecule has 8 nitrogen and oxygen atoms in total. The van der Waals surface area contributed by atoms with Gasteiger partial charge in [-0.05, 0) is 25.1 Å². The summed E-state index contributed by atoms with van der Waals surface area (Å²) in [6, 6.07) is 4.93. The number of imidazole rings is 1. The predicted octanol–water partition coefficient (Wildman–Crippen LogP) is 1.73. The lowest BCUT2D eigenvalue weighted by Gasteiger charge is -2.22. The monoisotopic (exact) mass is 395 g/mol. The summed E-state index contributed by atoms with van der Waals surface area (Å²) in [6.07, 6.45) is 3.51. The van der Waals surface area contributed by atoms with E-state index in [1.165, 1.54) is 18.4 Å². The highest BCUT2D eigenvalue weighted by molar-refractivity contribution is 7.89. The van der Waals surface area contributed by atoms with Gasteiger partial charge in [0.1, 0.15) is 5.82 Å². The van der Waals surface area contributed by atoms with E-state index in [4.69, 9.17) is 9.47 Å². The topological polar surface area (TPSA) is 93.9 Å². The standard InChI is InChI=1S/C18H25N3O5S/c1-4-26-17-9-13(5-6-16(17)22)18-19-7-8-21(18)15-11-25-10-14(15)12-27(23,24)20(2)3/h5-9,14-15,22H,4,10-12H2,1-3H3/t14-,15-/m1/s1. The Morgan fingerprint density at radius 2 is 2.15 bits per heavy atom. The van der Waals surface area contributed by atoms with Gasteiger partial charge in [0.2, 0.25) is 10.0 Å². The lowest BCUT2D eigenvalue weighted by Crippen LogP contribution is -2.32. The number of phenols is 1. The SMILES string of the molecule is CCOc1cc(-c2nccn2[C@@H]2COC[C@@H]2CS(=O)(=O)N(C)C)ccc1O. The molecule has 2 heterocycles. The van der Waals surface area contributed by atoms with E-state index in [0.29, 0.717) is 31.4 Å². The minimum atomic E-state index is -3.34. The molecule has 1 aromatic heterocycles. The fraction of sp³-hybridized carbons (Fsp3) is 0.500. The number of benzene rings is 1. The van der Waals surface area contributed by atoms with Crippen LogP contribution in [0.3, 0.4) is 0 Å². The lowest BCUT2D eigenvalue weighted by atomic mass is 10.1. The van der Waals surface area contributed by atoms with Crippen molar-refractivity contribution in [1.29, 1.82) is 0 Å². The van der Waals surface area contributed by atoms with Gasteiger partial charge in [-0.3, -0.25) is 0 Å². The largest absolute Gasteiger partial charge is 0.504 e. The third-order valence-electron chi connectivity index (χ3n) is 4.69. The summed E-state index contributed by atoms with van der Waals surface area (Å²) in [7, 11) is -0.264. The van der Waals surface area contributed by atoms with Gasteiger partial charge in [-0.1, -0.05) is 0 Å². The van der Waals surface area contributed by atoms with E-state index in [0.717, 1.165) is 5.56 Å². The van der Waals surface area contributed by atoms with Crippen molar-refractivity contribution in [2.45, 2.75) is 13.0 Å². The molecule has 0 radical (unpaired) electrons. The molecule has 1 aliphatic heterocycles. The van der Waals surface area contributed by atoms with Gasteiger partial charge in [0.25, 0.3) is 0 Å². The summed E-state index contributed by atoms with van der Waals surface area (Å²) in [5, 5.41) is 9.92. The molecule has 3 rings (SSSR count). The van der Waals surface area contributed by atoms with Gasteiger partial charge >= 0.3 is 0 Å². The van der Waals surface area contributed by atoms with E-state index in [1.54, 1.807) is 24.4 Å². The minimum Gasteiger partial charge on any atom is -0.504 e.